The van der Waals surface area contributed by atoms with E-state index in [2.05, 4.69) is 11.9 Å². The molecule has 72 valence electrons. The van der Waals surface area contributed by atoms with Gasteiger partial charge in [0.15, 0.2) is 0 Å². The van der Waals surface area contributed by atoms with Gasteiger partial charge in [0.05, 0.1) is 6.10 Å². The summed E-state index contributed by atoms with van der Waals surface area (Å²) in [6.45, 7) is 6.07. The lowest BCUT2D eigenvalue weighted by Gasteiger charge is -2.16. The second-order valence-corrected chi connectivity index (χ2v) is 3.56. The molecule has 2 unspecified atom stereocenters. The van der Waals surface area contributed by atoms with E-state index in [0.717, 1.165) is 17.7 Å². The van der Waals surface area contributed by atoms with E-state index < -0.39 is 0 Å². The first-order valence-corrected chi connectivity index (χ1v) is 4.75. The van der Waals surface area contributed by atoms with E-state index >= 15 is 0 Å². The zero-order valence-electron chi connectivity index (χ0n) is 8.49. The van der Waals surface area contributed by atoms with Crippen molar-refractivity contribution in [2.75, 3.05) is 0 Å². The average molecular weight is 179 g/mol. The number of aliphatic hydroxyl groups excluding tert-OH is 1. The number of aromatic nitrogens is 1. The Balaban J connectivity index is 2.77. The molecule has 13 heavy (non-hydrogen) atoms. The number of rotatable bonds is 3. The fourth-order valence-electron chi connectivity index (χ4n) is 1.21. The van der Waals surface area contributed by atoms with Crippen molar-refractivity contribution >= 4 is 0 Å². The van der Waals surface area contributed by atoms with E-state index in [1.54, 1.807) is 6.20 Å². The Bertz CT molecular complexity index is 255. The Morgan fingerprint density at radius 2 is 2.15 bits per heavy atom. The normalized spacial score (nSPS) is 15.4. The number of pyridine rings is 1. The monoisotopic (exact) mass is 179 g/mol. The molecule has 0 aliphatic rings. The minimum Gasteiger partial charge on any atom is -0.388 e. The van der Waals surface area contributed by atoms with E-state index in [1.807, 2.05) is 26.0 Å². The van der Waals surface area contributed by atoms with Gasteiger partial charge in [-0.1, -0.05) is 26.3 Å². The van der Waals surface area contributed by atoms with Crippen molar-refractivity contribution in [3.05, 3.63) is 29.6 Å². The van der Waals surface area contributed by atoms with E-state index in [4.69, 9.17) is 0 Å². The third kappa shape index (κ3) is 2.52. The van der Waals surface area contributed by atoms with Gasteiger partial charge < -0.3 is 5.11 Å². The zero-order valence-corrected chi connectivity index (χ0v) is 8.49. The summed E-state index contributed by atoms with van der Waals surface area (Å²) in [6.07, 6.45) is 2.36. The van der Waals surface area contributed by atoms with Crippen LogP contribution in [0.4, 0.5) is 0 Å². The van der Waals surface area contributed by atoms with Gasteiger partial charge in [0.25, 0.3) is 0 Å². The second-order valence-electron chi connectivity index (χ2n) is 3.56. The van der Waals surface area contributed by atoms with Crippen molar-refractivity contribution in [3.63, 3.8) is 0 Å². The maximum atomic E-state index is 9.84. The third-order valence-electron chi connectivity index (χ3n) is 2.46. The van der Waals surface area contributed by atoms with Crippen LogP contribution in [0.5, 0.6) is 0 Å². The SMILES string of the molecule is CCC(C)C(O)c1ccc(C)nc1. The summed E-state index contributed by atoms with van der Waals surface area (Å²) >= 11 is 0. The van der Waals surface area contributed by atoms with Crippen molar-refractivity contribution in [3.8, 4) is 0 Å². The van der Waals surface area contributed by atoms with Gasteiger partial charge >= 0.3 is 0 Å². The molecule has 2 heteroatoms. The number of hydrogen-bond donors (Lipinski definition) is 1. The van der Waals surface area contributed by atoms with Crippen LogP contribution in [-0.2, 0) is 0 Å². The third-order valence-corrected chi connectivity index (χ3v) is 2.46. The van der Waals surface area contributed by atoms with E-state index in [0.29, 0.717) is 5.92 Å². The fraction of sp³-hybridized carbons (Fsp3) is 0.545. The fourth-order valence-corrected chi connectivity index (χ4v) is 1.21. The molecule has 2 nitrogen and oxygen atoms in total. The number of nitrogens with zero attached hydrogens (tertiary/aromatic N) is 1. The predicted octanol–water partition coefficient (Wildman–Crippen LogP) is 2.47. The number of aliphatic hydroxyl groups is 1. The smallest absolute Gasteiger partial charge is 0.0830 e. The Kier molecular flexibility index (Phi) is 3.43. The lowest BCUT2D eigenvalue weighted by atomic mass is 9.96. The van der Waals surface area contributed by atoms with Gasteiger partial charge in [-0.15, -0.1) is 0 Å². The van der Waals surface area contributed by atoms with Gasteiger partial charge in [-0.2, -0.15) is 0 Å². The summed E-state index contributed by atoms with van der Waals surface area (Å²) in [5.41, 5.74) is 1.90. The van der Waals surface area contributed by atoms with Gasteiger partial charge in [-0.3, -0.25) is 4.98 Å². The van der Waals surface area contributed by atoms with Crippen LogP contribution in [0.1, 0.15) is 37.6 Å². The van der Waals surface area contributed by atoms with Crippen LogP contribution in [0.2, 0.25) is 0 Å². The van der Waals surface area contributed by atoms with Crippen molar-refractivity contribution in [1.29, 1.82) is 0 Å². The van der Waals surface area contributed by atoms with Crippen LogP contribution in [-0.4, -0.2) is 10.1 Å². The topological polar surface area (TPSA) is 33.1 Å². The molecule has 1 rings (SSSR count). The zero-order chi connectivity index (χ0) is 9.84. The van der Waals surface area contributed by atoms with Gasteiger partial charge in [0, 0.05) is 11.9 Å². The molecule has 0 spiro atoms. The molecule has 0 amide bonds. The standard InChI is InChI=1S/C11H17NO/c1-4-8(2)11(13)10-6-5-9(3)12-7-10/h5-8,11,13H,4H2,1-3H3. The molecule has 0 fully saturated rings. The quantitative estimate of drug-likeness (QED) is 0.773. The Morgan fingerprint density at radius 1 is 1.46 bits per heavy atom. The average Bonchev–Trinajstić information content (AvgIpc) is 2.17. The Morgan fingerprint density at radius 3 is 2.62 bits per heavy atom. The van der Waals surface area contributed by atoms with Gasteiger partial charge in [-0.25, -0.2) is 0 Å². The highest BCUT2D eigenvalue weighted by molar-refractivity contribution is 5.16. The van der Waals surface area contributed by atoms with Gasteiger partial charge in [0.1, 0.15) is 0 Å². The molecule has 0 saturated carbocycles. The van der Waals surface area contributed by atoms with E-state index in [-0.39, 0.29) is 6.10 Å². The van der Waals surface area contributed by atoms with Crippen molar-refractivity contribution < 1.29 is 5.11 Å². The van der Waals surface area contributed by atoms with Crippen LogP contribution in [0.3, 0.4) is 0 Å². The molecule has 1 N–H and O–H groups in total. The van der Waals surface area contributed by atoms with Crippen LogP contribution in [0.25, 0.3) is 0 Å². The Hall–Kier alpha value is -0.890. The molecule has 0 aliphatic heterocycles. The molecule has 0 saturated heterocycles. The molecule has 0 aliphatic carbocycles. The van der Waals surface area contributed by atoms with Crippen LogP contribution in [0.15, 0.2) is 18.3 Å². The molecule has 2 atom stereocenters. The van der Waals surface area contributed by atoms with Crippen molar-refractivity contribution in [2.45, 2.75) is 33.3 Å². The number of aryl methyl sites for hydroxylation is 1. The highest BCUT2D eigenvalue weighted by Gasteiger charge is 2.14. The predicted molar refractivity (Wildman–Crippen MR) is 53.4 cm³/mol. The Labute approximate surface area is 79.6 Å². The molecule has 0 radical (unpaired) electrons. The second kappa shape index (κ2) is 4.38. The molecule has 0 aromatic carbocycles. The minimum atomic E-state index is -0.377. The summed E-state index contributed by atoms with van der Waals surface area (Å²) in [7, 11) is 0. The lowest BCUT2D eigenvalue weighted by Crippen LogP contribution is -2.08. The van der Waals surface area contributed by atoms with Gasteiger partial charge in [-0.05, 0) is 24.5 Å². The molecular weight excluding hydrogens is 162 g/mol. The highest BCUT2D eigenvalue weighted by atomic mass is 16.3. The van der Waals surface area contributed by atoms with Crippen LogP contribution < -0.4 is 0 Å². The highest BCUT2D eigenvalue weighted by Crippen LogP contribution is 2.23. The van der Waals surface area contributed by atoms with Gasteiger partial charge in [0.2, 0.25) is 0 Å². The maximum absolute atomic E-state index is 9.84. The minimum absolute atomic E-state index is 0.296. The van der Waals surface area contributed by atoms with Crippen molar-refractivity contribution in [2.24, 2.45) is 5.92 Å². The largest absolute Gasteiger partial charge is 0.388 e. The molecule has 0 bridgehead atoms. The number of hydrogen-bond acceptors (Lipinski definition) is 2. The summed E-state index contributed by atoms with van der Waals surface area (Å²) in [5, 5.41) is 9.84. The summed E-state index contributed by atoms with van der Waals surface area (Å²) < 4.78 is 0. The molecule has 1 aromatic rings. The first kappa shape index (κ1) is 10.2. The summed E-state index contributed by atoms with van der Waals surface area (Å²) in [6, 6.07) is 3.88. The first-order valence-electron chi connectivity index (χ1n) is 4.75. The summed E-state index contributed by atoms with van der Waals surface area (Å²) in [4.78, 5) is 4.16. The van der Waals surface area contributed by atoms with Crippen molar-refractivity contribution in [1.82, 2.24) is 4.98 Å². The van der Waals surface area contributed by atoms with E-state index in [9.17, 15) is 5.11 Å². The molecule has 1 aromatic heterocycles. The van der Waals surface area contributed by atoms with Crippen LogP contribution >= 0.6 is 0 Å². The van der Waals surface area contributed by atoms with Crippen LogP contribution in [0, 0.1) is 12.8 Å². The maximum Gasteiger partial charge on any atom is 0.0830 e. The molecule has 1 heterocycles. The molecular formula is C11H17NO. The first-order chi connectivity index (χ1) is 6.15. The summed E-state index contributed by atoms with van der Waals surface area (Å²) in [5.74, 6) is 0.296. The van der Waals surface area contributed by atoms with E-state index in [1.165, 1.54) is 0 Å². The lowest BCUT2D eigenvalue weighted by molar-refractivity contribution is 0.115.